The van der Waals surface area contributed by atoms with Crippen LogP contribution in [0.25, 0.3) is 0 Å². The van der Waals surface area contributed by atoms with Gasteiger partial charge in [-0.05, 0) is 56.2 Å². The Morgan fingerprint density at radius 1 is 0.800 bits per heavy atom. The summed E-state index contributed by atoms with van der Waals surface area (Å²) in [5.41, 5.74) is 2.16. The van der Waals surface area contributed by atoms with E-state index in [0.29, 0.717) is 5.92 Å². The van der Waals surface area contributed by atoms with E-state index >= 15 is 0 Å². The van der Waals surface area contributed by atoms with Crippen molar-refractivity contribution in [2.24, 2.45) is 5.92 Å². The van der Waals surface area contributed by atoms with Gasteiger partial charge in [0.05, 0.1) is 12.7 Å². The number of ether oxygens (including phenoxy) is 2. The molecule has 2 N–H and O–H groups in total. The Balaban J connectivity index is 1.72. The molecule has 136 valence electrons. The van der Waals surface area contributed by atoms with Crippen molar-refractivity contribution in [3.8, 4) is 11.5 Å². The van der Waals surface area contributed by atoms with E-state index in [0.717, 1.165) is 42.6 Å². The summed E-state index contributed by atoms with van der Waals surface area (Å²) in [6.45, 7) is 10.8. The average Bonchev–Trinajstić information content (AvgIpc) is 2.57. The lowest BCUT2D eigenvalue weighted by atomic mass is 10.2. The van der Waals surface area contributed by atoms with Crippen molar-refractivity contribution in [3.63, 3.8) is 0 Å². The number of nitrogens with one attached hydrogen (secondary N) is 2. The summed E-state index contributed by atoms with van der Waals surface area (Å²) in [4.78, 5) is 0. The summed E-state index contributed by atoms with van der Waals surface area (Å²) in [5.74, 6) is 2.35. The monoisotopic (exact) mass is 342 g/mol. The molecule has 0 aromatic heterocycles. The summed E-state index contributed by atoms with van der Waals surface area (Å²) in [6, 6.07) is 16.2. The van der Waals surface area contributed by atoms with Crippen LogP contribution in [-0.2, 0) is 0 Å². The molecule has 0 fully saturated rings. The predicted octanol–water partition coefficient (Wildman–Crippen LogP) is 5.03. The minimum absolute atomic E-state index is 0.185. The average molecular weight is 342 g/mol. The maximum atomic E-state index is 5.71. The van der Waals surface area contributed by atoms with Gasteiger partial charge in [0.2, 0.25) is 0 Å². The molecule has 0 saturated carbocycles. The van der Waals surface area contributed by atoms with Gasteiger partial charge in [-0.3, -0.25) is 0 Å². The molecule has 2 aromatic rings. The van der Waals surface area contributed by atoms with E-state index in [1.54, 1.807) is 0 Å². The van der Waals surface area contributed by atoms with Crippen LogP contribution in [0.3, 0.4) is 0 Å². The first-order valence-corrected chi connectivity index (χ1v) is 9.00. The number of benzene rings is 2. The lowest BCUT2D eigenvalue weighted by Crippen LogP contribution is -2.13. The first kappa shape index (κ1) is 19.0. The molecule has 0 atom stereocenters. The van der Waals surface area contributed by atoms with Crippen LogP contribution in [0.4, 0.5) is 11.4 Å². The van der Waals surface area contributed by atoms with Crippen LogP contribution in [0, 0.1) is 5.92 Å². The van der Waals surface area contributed by atoms with Crippen LogP contribution < -0.4 is 20.1 Å². The summed E-state index contributed by atoms with van der Waals surface area (Å²) >= 11 is 0. The Labute approximate surface area is 151 Å². The standard InChI is InChI=1S/C21H30N2O2/c1-16(2)15-24-20-10-8-18(9-11-20)22-12-13-23-19-6-5-7-21(14-19)25-17(3)4/h5-11,14,16-17,22-23H,12-13,15H2,1-4H3. The first-order valence-electron chi connectivity index (χ1n) is 9.00. The molecule has 0 aliphatic carbocycles. The first-order chi connectivity index (χ1) is 12.0. The van der Waals surface area contributed by atoms with Crippen LogP contribution in [0.1, 0.15) is 27.7 Å². The van der Waals surface area contributed by atoms with Crippen molar-refractivity contribution in [3.05, 3.63) is 48.5 Å². The highest BCUT2D eigenvalue weighted by Gasteiger charge is 2.00. The summed E-state index contributed by atoms with van der Waals surface area (Å²) in [6.07, 6.45) is 0.185. The second kappa shape index (κ2) is 9.82. The zero-order valence-corrected chi connectivity index (χ0v) is 15.7. The van der Waals surface area contributed by atoms with Crippen molar-refractivity contribution in [2.45, 2.75) is 33.8 Å². The number of anilines is 2. The molecule has 4 heteroatoms. The third kappa shape index (κ3) is 7.38. The predicted molar refractivity (Wildman–Crippen MR) is 106 cm³/mol. The van der Waals surface area contributed by atoms with E-state index in [1.807, 2.05) is 62.4 Å². The molecule has 0 aliphatic rings. The van der Waals surface area contributed by atoms with Crippen molar-refractivity contribution < 1.29 is 9.47 Å². The molecule has 0 bridgehead atoms. The molecule has 0 aliphatic heterocycles. The molecule has 4 nitrogen and oxygen atoms in total. The fourth-order valence-electron chi connectivity index (χ4n) is 2.30. The molecule has 2 aromatic carbocycles. The van der Waals surface area contributed by atoms with Gasteiger partial charge in [-0.1, -0.05) is 19.9 Å². The Morgan fingerprint density at radius 2 is 1.48 bits per heavy atom. The number of rotatable bonds is 10. The minimum Gasteiger partial charge on any atom is -0.493 e. The van der Waals surface area contributed by atoms with Gasteiger partial charge < -0.3 is 20.1 Å². The van der Waals surface area contributed by atoms with Gasteiger partial charge in [0, 0.05) is 30.5 Å². The SMILES string of the molecule is CC(C)COc1ccc(NCCNc2cccc(OC(C)C)c2)cc1. The zero-order chi connectivity index (χ0) is 18.1. The Hall–Kier alpha value is -2.36. The summed E-state index contributed by atoms with van der Waals surface area (Å²) in [5, 5.41) is 6.81. The highest BCUT2D eigenvalue weighted by atomic mass is 16.5. The lowest BCUT2D eigenvalue weighted by Gasteiger charge is -2.13. The third-order valence-electron chi connectivity index (χ3n) is 3.43. The van der Waals surface area contributed by atoms with Crippen molar-refractivity contribution in [2.75, 3.05) is 30.3 Å². The molecule has 0 saturated heterocycles. The zero-order valence-electron chi connectivity index (χ0n) is 15.7. The third-order valence-corrected chi connectivity index (χ3v) is 3.43. The van der Waals surface area contributed by atoms with Crippen molar-refractivity contribution in [1.82, 2.24) is 0 Å². The fraction of sp³-hybridized carbons (Fsp3) is 0.429. The molecular weight excluding hydrogens is 312 g/mol. The molecule has 0 radical (unpaired) electrons. The molecule has 2 rings (SSSR count). The molecule has 0 amide bonds. The van der Waals surface area contributed by atoms with Crippen LogP contribution >= 0.6 is 0 Å². The van der Waals surface area contributed by atoms with Crippen LogP contribution in [-0.4, -0.2) is 25.8 Å². The number of hydrogen-bond acceptors (Lipinski definition) is 4. The maximum absolute atomic E-state index is 5.71. The highest BCUT2D eigenvalue weighted by molar-refractivity contribution is 5.49. The smallest absolute Gasteiger partial charge is 0.121 e. The largest absolute Gasteiger partial charge is 0.493 e. The maximum Gasteiger partial charge on any atom is 0.121 e. The van der Waals surface area contributed by atoms with Crippen LogP contribution in [0.5, 0.6) is 11.5 Å². The molecule has 25 heavy (non-hydrogen) atoms. The van der Waals surface area contributed by atoms with Crippen LogP contribution in [0.15, 0.2) is 48.5 Å². The van der Waals surface area contributed by atoms with E-state index in [1.165, 1.54) is 0 Å². The van der Waals surface area contributed by atoms with Gasteiger partial charge >= 0.3 is 0 Å². The van der Waals surface area contributed by atoms with Gasteiger partial charge in [-0.15, -0.1) is 0 Å². The second-order valence-corrected chi connectivity index (χ2v) is 6.78. The highest BCUT2D eigenvalue weighted by Crippen LogP contribution is 2.19. The summed E-state index contributed by atoms with van der Waals surface area (Å²) in [7, 11) is 0. The molecule has 0 heterocycles. The summed E-state index contributed by atoms with van der Waals surface area (Å²) < 4.78 is 11.4. The van der Waals surface area contributed by atoms with E-state index in [2.05, 4.69) is 24.5 Å². The number of hydrogen-bond donors (Lipinski definition) is 2. The Morgan fingerprint density at radius 3 is 2.12 bits per heavy atom. The van der Waals surface area contributed by atoms with E-state index < -0.39 is 0 Å². The Bertz CT molecular complexity index is 624. The van der Waals surface area contributed by atoms with Gasteiger partial charge in [-0.2, -0.15) is 0 Å². The normalized spacial score (nSPS) is 10.8. The van der Waals surface area contributed by atoms with Gasteiger partial charge in [0.15, 0.2) is 0 Å². The van der Waals surface area contributed by atoms with Crippen molar-refractivity contribution >= 4 is 11.4 Å². The van der Waals surface area contributed by atoms with Gasteiger partial charge in [0.1, 0.15) is 11.5 Å². The molecule has 0 unspecified atom stereocenters. The van der Waals surface area contributed by atoms with E-state index in [-0.39, 0.29) is 6.10 Å². The van der Waals surface area contributed by atoms with Gasteiger partial charge in [-0.25, -0.2) is 0 Å². The quantitative estimate of drug-likeness (QED) is 0.594. The fourth-order valence-corrected chi connectivity index (χ4v) is 2.30. The lowest BCUT2D eigenvalue weighted by molar-refractivity contribution is 0.242. The topological polar surface area (TPSA) is 42.5 Å². The van der Waals surface area contributed by atoms with E-state index in [4.69, 9.17) is 9.47 Å². The van der Waals surface area contributed by atoms with Crippen LogP contribution in [0.2, 0.25) is 0 Å². The molecule has 0 spiro atoms. The minimum atomic E-state index is 0.185. The van der Waals surface area contributed by atoms with Gasteiger partial charge in [0.25, 0.3) is 0 Å². The van der Waals surface area contributed by atoms with E-state index in [9.17, 15) is 0 Å². The molecular formula is C21H30N2O2. The Kier molecular flexibility index (Phi) is 7.45. The second-order valence-electron chi connectivity index (χ2n) is 6.78. The van der Waals surface area contributed by atoms with Crippen molar-refractivity contribution in [1.29, 1.82) is 0 Å².